The van der Waals surface area contributed by atoms with E-state index in [1.807, 2.05) is 47.5 Å². The van der Waals surface area contributed by atoms with Gasteiger partial charge in [0.1, 0.15) is 5.75 Å². The molecule has 30 heavy (non-hydrogen) atoms. The Labute approximate surface area is 177 Å². The number of nitrogens with two attached hydrogens (primary N) is 1. The van der Waals surface area contributed by atoms with Crippen molar-refractivity contribution in [1.82, 2.24) is 9.80 Å². The molecule has 2 aromatic rings. The lowest BCUT2D eigenvalue weighted by atomic mass is 10.1. The third-order valence-electron chi connectivity index (χ3n) is 5.82. The highest BCUT2D eigenvalue weighted by Gasteiger charge is 2.27. The van der Waals surface area contributed by atoms with Gasteiger partial charge in [-0.1, -0.05) is 18.2 Å². The quantitative estimate of drug-likeness (QED) is 0.587. The van der Waals surface area contributed by atoms with Gasteiger partial charge in [-0.05, 0) is 30.2 Å². The molecule has 2 N–H and O–H groups in total. The second-order valence-electron chi connectivity index (χ2n) is 7.74. The number of amides is 1. The summed E-state index contributed by atoms with van der Waals surface area (Å²) in [5, 5.41) is 0. The van der Waals surface area contributed by atoms with E-state index in [9.17, 15) is 4.79 Å². The number of fused-ring (bicyclic) bond motifs is 1. The number of methoxy groups -OCH3 is 1. The molecule has 2 aliphatic rings. The smallest absolute Gasteiger partial charge is 0.241 e. The average molecular weight is 408 g/mol. The molecule has 0 saturated carbocycles. The summed E-state index contributed by atoms with van der Waals surface area (Å²) in [6.07, 6.45) is 2.82. The molecule has 0 spiro atoms. The Kier molecular flexibility index (Phi) is 6.30. The molecule has 2 heterocycles. The van der Waals surface area contributed by atoms with Gasteiger partial charge in [-0.15, -0.1) is 0 Å². The van der Waals surface area contributed by atoms with E-state index < -0.39 is 0 Å². The van der Waals surface area contributed by atoms with Crippen LogP contribution in [-0.2, 0) is 11.2 Å². The van der Waals surface area contributed by atoms with Crippen LogP contribution in [0.1, 0.15) is 5.56 Å². The SMILES string of the molecule is COc1ccc2c(c1)N(C(=O)CN1CCN(CC=Nc3ccccc3N)CC1)CC2. The van der Waals surface area contributed by atoms with Gasteiger partial charge >= 0.3 is 0 Å². The molecule has 1 amide bonds. The van der Waals surface area contributed by atoms with E-state index in [0.717, 1.165) is 62.8 Å². The topological polar surface area (TPSA) is 74.4 Å². The Bertz CT molecular complexity index is 922. The summed E-state index contributed by atoms with van der Waals surface area (Å²) in [6.45, 7) is 5.61. The number of anilines is 2. The zero-order valence-corrected chi connectivity index (χ0v) is 17.5. The van der Waals surface area contributed by atoms with Crippen molar-refractivity contribution in [3.05, 3.63) is 48.0 Å². The number of hydrogen-bond acceptors (Lipinski definition) is 6. The number of piperazine rings is 1. The molecular formula is C23H29N5O2. The summed E-state index contributed by atoms with van der Waals surface area (Å²) in [7, 11) is 1.65. The Hall–Kier alpha value is -2.90. The van der Waals surface area contributed by atoms with Crippen LogP contribution in [0.4, 0.5) is 17.1 Å². The lowest BCUT2D eigenvalue weighted by molar-refractivity contribution is -0.120. The third-order valence-corrected chi connectivity index (χ3v) is 5.82. The van der Waals surface area contributed by atoms with E-state index in [1.165, 1.54) is 5.56 Å². The number of rotatable bonds is 6. The number of nitrogen functional groups attached to an aromatic ring is 1. The minimum absolute atomic E-state index is 0.163. The van der Waals surface area contributed by atoms with Crippen molar-refractivity contribution in [2.45, 2.75) is 6.42 Å². The molecule has 158 valence electrons. The molecule has 2 aromatic carbocycles. The van der Waals surface area contributed by atoms with Gasteiger partial charge in [0, 0.05) is 51.5 Å². The maximum absolute atomic E-state index is 12.9. The molecular weight excluding hydrogens is 378 g/mol. The number of carbonyl (C=O) groups is 1. The van der Waals surface area contributed by atoms with E-state index in [4.69, 9.17) is 10.5 Å². The van der Waals surface area contributed by atoms with Gasteiger partial charge in [-0.25, -0.2) is 0 Å². The van der Waals surface area contributed by atoms with E-state index >= 15 is 0 Å². The largest absolute Gasteiger partial charge is 0.497 e. The molecule has 0 aliphatic carbocycles. The van der Waals surface area contributed by atoms with Crippen LogP contribution in [0, 0.1) is 0 Å². The highest BCUT2D eigenvalue weighted by Crippen LogP contribution is 2.31. The second-order valence-corrected chi connectivity index (χ2v) is 7.74. The molecule has 2 aliphatic heterocycles. The van der Waals surface area contributed by atoms with Gasteiger partial charge in [0.05, 0.1) is 30.7 Å². The van der Waals surface area contributed by atoms with Crippen molar-refractivity contribution >= 4 is 29.2 Å². The van der Waals surface area contributed by atoms with Crippen LogP contribution in [0.2, 0.25) is 0 Å². The summed E-state index contributed by atoms with van der Waals surface area (Å²) in [5.41, 5.74) is 9.64. The van der Waals surface area contributed by atoms with Crippen molar-refractivity contribution < 1.29 is 9.53 Å². The lowest BCUT2D eigenvalue weighted by Crippen LogP contribution is -2.50. The summed E-state index contributed by atoms with van der Waals surface area (Å²) < 4.78 is 5.32. The fraction of sp³-hybridized carbons (Fsp3) is 0.391. The maximum Gasteiger partial charge on any atom is 0.241 e. The van der Waals surface area contributed by atoms with Gasteiger partial charge in [-0.2, -0.15) is 0 Å². The van der Waals surface area contributed by atoms with Crippen LogP contribution in [0.5, 0.6) is 5.75 Å². The van der Waals surface area contributed by atoms with Gasteiger partial charge < -0.3 is 15.4 Å². The summed E-state index contributed by atoms with van der Waals surface area (Å²) >= 11 is 0. The van der Waals surface area contributed by atoms with Crippen LogP contribution >= 0.6 is 0 Å². The summed E-state index contributed by atoms with van der Waals surface area (Å²) in [5.74, 6) is 0.956. The number of nitrogens with zero attached hydrogens (tertiary/aromatic N) is 4. The predicted octanol–water partition coefficient (Wildman–Crippen LogP) is 2.19. The van der Waals surface area contributed by atoms with Gasteiger partial charge in [0.15, 0.2) is 0 Å². The molecule has 4 rings (SSSR count). The van der Waals surface area contributed by atoms with Crippen molar-refractivity contribution in [3.8, 4) is 5.75 Å². The zero-order chi connectivity index (χ0) is 20.9. The average Bonchev–Trinajstić information content (AvgIpc) is 3.19. The monoisotopic (exact) mass is 407 g/mol. The van der Waals surface area contributed by atoms with Gasteiger partial charge in [0.25, 0.3) is 0 Å². The molecule has 0 atom stereocenters. The number of aliphatic imine (C=N–C) groups is 1. The molecule has 0 bridgehead atoms. The number of carbonyl (C=O) groups excluding carboxylic acids is 1. The zero-order valence-electron chi connectivity index (χ0n) is 17.5. The highest BCUT2D eigenvalue weighted by molar-refractivity contribution is 5.97. The van der Waals surface area contributed by atoms with E-state index in [1.54, 1.807) is 7.11 Å². The standard InChI is InChI=1S/C23H29N5O2/c1-30-19-7-6-18-8-10-28(22(18)16-19)23(29)17-27-14-12-26(13-15-27)11-9-25-21-5-3-2-4-20(21)24/h2-7,9,16H,8,10-15,17,24H2,1H3. The molecule has 7 heteroatoms. The number of para-hydroxylation sites is 2. The van der Waals surface area contributed by atoms with Crippen LogP contribution in [0.3, 0.4) is 0 Å². The predicted molar refractivity (Wildman–Crippen MR) is 121 cm³/mol. The van der Waals surface area contributed by atoms with Crippen LogP contribution in [0.25, 0.3) is 0 Å². The highest BCUT2D eigenvalue weighted by atomic mass is 16.5. The minimum atomic E-state index is 0.163. The number of ether oxygens (including phenoxy) is 1. The van der Waals surface area contributed by atoms with Crippen molar-refractivity contribution in [3.63, 3.8) is 0 Å². The van der Waals surface area contributed by atoms with Gasteiger partial charge in [0.2, 0.25) is 5.91 Å². The fourth-order valence-corrected chi connectivity index (χ4v) is 4.01. The normalized spacial score (nSPS) is 17.4. The molecule has 0 aromatic heterocycles. The first-order valence-corrected chi connectivity index (χ1v) is 10.4. The van der Waals surface area contributed by atoms with E-state index in [-0.39, 0.29) is 5.91 Å². The Morgan fingerprint density at radius 3 is 2.63 bits per heavy atom. The number of hydrogen-bond donors (Lipinski definition) is 1. The Morgan fingerprint density at radius 1 is 1.10 bits per heavy atom. The molecule has 1 saturated heterocycles. The van der Waals surface area contributed by atoms with Crippen molar-refractivity contribution in [2.24, 2.45) is 4.99 Å². The second kappa shape index (κ2) is 9.28. The van der Waals surface area contributed by atoms with E-state index in [0.29, 0.717) is 12.2 Å². The van der Waals surface area contributed by atoms with Crippen LogP contribution in [0.15, 0.2) is 47.5 Å². The van der Waals surface area contributed by atoms with E-state index in [2.05, 4.69) is 20.9 Å². The molecule has 0 unspecified atom stereocenters. The van der Waals surface area contributed by atoms with Crippen LogP contribution in [-0.4, -0.2) is 74.8 Å². The summed E-state index contributed by atoms with van der Waals surface area (Å²) in [6, 6.07) is 13.6. The molecule has 7 nitrogen and oxygen atoms in total. The first kappa shape index (κ1) is 20.4. The fourth-order valence-electron chi connectivity index (χ4n) is 4.01. The molecule has 0 radical (unpaired) electrons. The van der Waals surface area contributed by atoms with Crippen LogP contribution < -0.4 is 15.4 Å². The van der Waals surface area contributed by atoms with Crippen molar-refractivity contribution in [1.29, 1.82) is 0 Å². The summed E-state index contributed by atoms with van der Waals surface area (Å²) in [4.78, 5) is 23.9. The first-order valence-electron chi connectivity index (χ1n) is 10.4. The lowest BCUT2D eigenvalue weighted by Gasteiger charge is -2.34. The Morgan fingerprint density at radius 2 is 1.87 bits per heavy atom. The van der Waals surface area contributed by atoms with Gasteiger partial charge in [-0.3, -0.25) is 19.6 Å². The number of benzene rings is 2. The Balaban J connectivity index is 1.26. The minimum Gasteiger partial charge on any atom is -0.497 e. The van der Waals surface area contributed by atoms with Crippen molar-refractivity contribution in [2.75, 3.05) is 63.6 Å². The molecule has 1 fully saturated rings. The first-order chi connectivity index (χ1) is 14.6. The third kappa shape index (κ3) is 4.63. The maximum atomic E-state index is 12.9.